The molecule has 1 spiro atoms. The van der Waals surface area contributed by atoms with Crippen molar-refractivity contribution in [1.82, 2.24) is 25.8 Å². The number of carbonyl (C=O) groups excluding carboxylic acids is 4. The summed E-state index contributed by atoms with van der Waals surface area (Å²) in [5.74, 6) is -0.683. The SMILES string of the molecule is O=C(CN1CN(c2ccccc2)C2(CCN(C(=O)[C@@H](Cc3ccc(Cl)c(Cl)c3)NC(=O)[C@H]3Cc4ccccc4CN3)CC2)C1=O)NC1CCCCC1. The van der Waals surface area contributed by atoms with E-state index in [-0.39, 0.29) is 42.6 Å². The summed E-state index contributed by atoms with van der Waals surface area (Å²) in [7, 11) is 0. The van der Waals surface area contributed by atoms with Gasteiger partial charge in [-0.2, -0.15) is 0 Å². The van der Waals surface area contributed by atoms with Crippen LogP contribution in [0, 0.1) is 0 Å². The number of likely N-dealkylation sites (tertiary alicyclic amines) is 1. The normalized spacial score (nSPS) is 20.8. The standard InChI is InChI=1S/C40H46Cl2N6O4/c41-32-16-15-27(21-33(32)42)22-35(45-37(50)34-23-28-9-7-8-10-29(28)24-43-34)38(51)46-19-17-40(18-20-46)39(52)47(26-48(40)31-13-5-2-6-14-31)25-36(49)44-30-11-3-1-4-12-30/h2,5-10,13-16,21,30,34-35,43H,1,3-4,11-12,17-20,22-26H2,(H,44,49)(H,45,50)/t34-,35-/m1/s1. The zero-order valence-corrected chi connectivity index (χ0v) is 30.8. The molecule has 2 saturated heterocycles. The van der Waals surface area contributed by atoms with E-state index in [1.807, 2.05) is 54.6 Å². The molecule has 3 aromatic rings. The van der Waals surface area contributed by atoms with Crippen molar-refractivity contribution in [3.8, 4) is 0 Å². The first-order valence-electron chi connectivity index (χ1n) is 18.4. The Balaban J connectivity index is 1.07. The van der Waals surface area contributed by atoms with E-state index >= 15 is 0 Å². The van der Waals surface area contributed by atoms with Gasteiger partial charge in [-0.1, -0.05) is 91.0 Å². The van der Waals surface area contributed by atoms with Gasteiger partial charge in [-0.15, -0.1) is 0 Å². The highest BCUT2D eigenvalue weighted by Gasteiger charge is 2.54. The van der Waals surface area contributed by atoms with E-state index in [1.54, 1.807) is 21.9 Å². The smallest absolute Gasteiger partial charge is 0.250 e. The minimum absolute atomic E-state index is 0.000492. The molecule has 3 N–H and O–H groups in total. The molecule has 1 saturated carbocycles. The average Bonchev–Trinajstić information content (AvgIpc) is 3.42. The van der Waals surface area contributed by atoms with Crippen LogP contribution in [0.2, 0.25) is 10.0 Å². The molecule has 52 heavy (non-hydrogen) atoms. The number of hydrogen-bond acceptors (Lipinski definition) is 6. The molecule has 0 bridgehead atoms. The van der Waals surface area contributed by atoms with E-state index in [0.717, 1.165) is 48.1 Å². The highest BCUT2D eigenvalue weighted by molar-refractivity contribution is 6.42. The number of halogens is 2. The molecular weight excluding hydrogens is 699 g/mol. The lowest BCUT2D eigenvalue weighted by molar-refractivity contribution is -0.141. The average molecular weight is 746 g/mol. The molecule has 0 aromatic heterocycles. The lowest BCUT2D eigenvalue weighted by Gasteiger charge is -2.44. The first-order chi connectivity index (χ1) is 25.2. The summed E-state index contributed by atoms with van der Waals surface area (Å²) in [6.45, 7) is 1.50. The number of nitrogens with zero attached hydrogens (tertiary/aromatic N) is 3. The van der Waals surface area contributed by atoms with Gasteiger partial charge in [-0.3, -0.25) is 19.2 Å². The van der Waals surface area contributed by atoms with Gasteiger partial charge in [0.25, 0.3) is 5.91 Å². The molecule has 3 aliphatic heterocycles. The van der Waals surface area contributed by atoms with Crippen LogP contribution >= 0.6 is 23.2 Å². The minimum Gasteiger partial charge on any atom is -0.352 e. The van der Waals surface area contributed by atoms with Crippen LogP contribution in [0.25, 0.3) is 0 Å². The number of anilines is 1. The molecule has 4 aliphatic rings. The van der Waals surface area contributed by atoms with Gasteiger partial charge in [0.05, 0.1) is 22.8 Å². The fourth-order valence-electron chi connectivity index (χ4n) is 8.35. The van der Waals surface area contributed by atoms with Crippen molar-refractivity contribution < 1.29 is 19.2 Å². The Labute approximate surface area is 315 Å². The number of fused-ring (bicyclic) bond motifs is 1. The van der Waals surface area contributed by atoms with Crippen LogP contribution in [0.3, 0.4) is 0 Å². The lowest BCUT2D eigenvalue weighted by atomic mass is 9.85. The van der Waals surface area contributed by atoms with Crippen molar-refractivity contribution in [3.05, 3.63) is 99.5 Å². The monoisotopic (exact) mass is 744 g/mol. The zero-order valence-electron chi connectivity index (χ0n) is 29.3. The van der Waals surface area contributed by atoms with Crippen LogP contribution in [0.15, 0.2) is 72.8 Å². The number of nitrogens with one attached hydrogen (secondary N) is 3. The van der Waals surface area contributed by atoms with Crippen LogP contribution in [-0.2, 0) is 38.6 Å². The van der Waals surface area contributed by atoms with Crippen molar-refractivity contribution in [3.63, 3.8) is 0 Å². The minimum atomic E-state index is -0.898. The van der Waals surface area contributed by atoms with Crippen LogP contribution in [0.5, 0.6) is 0 Å². The summed E-state index contributed by atoms with van der Waals surface area (Å²) in [4.78, 5) is 61.1. The van der Waals surface area contributed by atoms with Gasteiger partial charge < -0.3 is 30.7 Å². The molecule has 0 unspecified atom stereocenters. The van der Waals surface area contributed by atoms with E-state index in [9.17, 15) is 19.2 Å². The number of rotatable bonds is 9. The Hall–Kier alpha value is -4.12. The Bertz CT molecular complexity index is 1790. The summed E-state index contributed by atoms with van der Waals surface area (Å²) in [6.07, 6.45) is 6.89. The van der Waals surface area contributed by atoms with Crippen LogP contribution < -0.4 is 20.9 Å². The first-order valence-corrected chi connectivity index (χ1v) is 19.2. The number of carbonyl (C=O) groups is 4. The van der Waals surface area contributed by atoms with Gasteiger partial charge in [0.1, 0.15) is 18.1 Å². The highest BCUT2D eigenvalue weighted by atomic mass is 35.5. The summed E-state index contributed by atoms with van der Waals surface area (Å²) in [6, 6.07) is 21.9. The molecule has 3 aromatic carbocycles. The van der Waals surface area contributed by atoms with E-state index < -0.39 is 17.6 Å². The van der Waals surface area contributed by atoms with E-state index in [0.29, 0.717) is 55.6 Å². The Kier molecular flexibility index (Phi) is 11.1. The summed E-state index contributed by atoms with van der Waals surface area (Å²) >= 11 is 12.5. The largest absolute Gasteiger partial charge is 0.352 e. The summed E-state index contributed by atoms with van der Waals surface area (Å²) in [5, 5.41) is 10.3. The molecule has 2 atom stereocenters. The molecule has 12 heteroatoms. The van der Waals surface area contributed by atoms with Gasteiger partial charge in [0, 0.05) is 37.8 Å². The van der Waals surface area contributed by atoms with Gasteiger partial charge in [0.15, 0.2) is 0 Å². The molecule has 0 radical (unpaired) electrons. The third-order valence-corrected chi connectivity index (χ3v) is 12.0. The molecule has 3 fully saturated rings. The second-order valence-corrected chi connectivity index (χ2v) is 15.4. The molecule has 10 nitrogen and oxygen atoms in total. The van der Waals surface area contributed by atoms with Crippen LogP contribution in [-0.4, -0.2) is 83.4 Å². The van der Waals surface area contributed by atoms with E-state index in [1.165, 1.54) is 6.42 Å². The van der Waals surface area contributed by atoms with Gasteiger partial charge >= 0.3 is 0 Å². The van der Waals surface area contributed by atoms with Gasteiger partial charge in [-0.25, -0.2) is 0 Å². The van der Waals surface area contributed by atoms with Crippen molar-refractivity contribution >= 4 is 52.5 Å². The maximum Gasteiger partial charge on any atom is 0.250 e. The second-order valence-electron chi connectivity index (χ2n) is 14.6. The second kappa shape index (κ2) is 15.9. The van der Waals surface area contributed by atoms with Gasteiger partial charge in [-0.05, 0) is 73.1 Å². The summed E-state index contributed by atoms with van der Waals surface area (Å²) < 4.78 is 0. The number of piperidine rings is 1. The summed E-state index contributed by atoms with van der Waals surface area (Å²) in [5.41, 5.74) is 3.04. The number of amides is 4. The van der Waals surface area contributed by atoms with E-state index in [4.69, 9.17) is 23.2 Å². The number of hydrogen-bond donors (Lipinski definition) is 3. The maximum atomic E-state index is 14.4. The maximum absolute atomic E-state index is 14.4. The number of para-hydroxylation sites is 1. The third kappa shape index (κ3) is 7.80. The van der Waals surface area contributed by atoms with Crippen molar-refractivity contribution in [2.75, 3.05) is 31.2 Å². The first kappa shape index (κ1) is 36.2. The molecular formula is C40H46Cl2N6O4. The molecule has 4 amide bonds. The quantitative estimate of drug-likeness (QED) is 0.289. The Morgan fingerprint density at radius 2 is 1.60 bits per heavy atom. The fraction of sp³-hybridized carbons (Fsp3) is 0.450. The van der Waals surface area contributed by atoms with E-state index in [2.05, 4.69) is 26.9 Å². The van der Waals surface area contributed by atoms with Crippen LogP contribution in [0.1, 0.15) is 61.6 Å². The Morgan fingerprint density at radius 1 is 0.885 bits per heavy atom. The fourth-order valence-corrected chi connectivity index (χ4v) is 8.67. The molecule has 1 aliphatic carbocycles. The highest BCUT2D eigenvalue weighted by Crippen LogP contribution is 2.39. The predicted molar refractivity (Wildman–Crippen MR) is 202 cm³/mol. The predicted octanol–water partition coefficient (Wildman–Crippen LogP) is 4.85. The van der Waals surface area contributed by atoms with Gasteiger partial charge in [0.2, 0.25) is 17.7 Å². The van der Waals surface area contributed by atoms with Crippen LogP contribution in [0.4, 0.5) is 5.69 Å². The topological polar surface area (TPSA) is 114 Å². The molecule has 7 rings (SSSR count). The zero-order chi connectivity index (χ0) is 36.2. The third-order valence-electron chi connectivity index (χ3n) is 11.2. The molecule has 3 heterocycles. The number of benzene rings is 3. The van der Waals surface area contributed by atoms with Crippen molar-refractivity contribution in [2.45, 2.75) is 88.0 Å². The van der Waals surface area contributed by atoms with Crippen molar-refractivity contribution in [2.24, 2.45) is 0 Å². The lowest BCUT2D eigenvalue weighted by Crippen LogP contribution is -2.60. The van der Waals surface area contributed by atoms with Crippen molar-refractivity contribution in [1.29, 1.82) is 0 Å². The Morgan fingerprint density at radius 3 is 2.33 bits per heavy atom. The molecule has 274 valence electrons.